The smallest absolute Gasteiger partial charge is 0.343 e. The molecule has 2 aromatic rings. The van der Waals surface area contributed by atoms with E-state index in [1.807, 2.05) is 0 Å². The number of piperidine rings is 1. The van der Waals surface area contributed by atoms with Crippen molar-refractivity contribution in [3.05, 3.63) is 48.3 Å². The first-order valence-electron chi connectivity index (χ1n) is 8.77. The molecule has 7 nitrogen and oxygen atoms in total. The highest BCUT2D eigenvalue weighted by atomic mass is 35.5. The zero-order valence-electron chi connectivity index (χ0n) is 15.3. The highest BCUT2D eigenvalue weighted by molar-refractivity contribution is 5.98. The van der Waals surface area contributed by atoms with Gasteiger partial charge in [0.2, 0.25) is 0 Å². The Morgan fingerprint density at radius 2 is 1.83 bits per heavy atom. The number of aromatic nitrogens is 2. The van der Waals surface area contributed by atoms with E-state index >= 15 is 0 Å². The third-order valence-electron chi connectivity index (χ3n) is 4.65. The van der Waals surface area contributed by atoms with E-state index in [1.165, 1.54) is 24.3 Å². The molecular formula is C18H21ClF3N5O2. The summed E-state index contributed by atoms with van der Waals surface area (Å²) in [6.45, 7) is -0.0536. The van der Waals surface area contributed by atoms with Crippen LogP contribution in [-0.4, -0.2) is 47.4 Å². The van der Waals surface area contributed by atoms with Crippen molar-refractivity contribution in [2.24, 2.45) is 0 Å². The molecular weight excluding hydrogens is 411 g/mol. The number of nitrogens with zero attached hydrogens (tertiary/aromatic N) is 2. The summed E-state index contributed by atoms with van der Waals surface area (Å²) in [6, 6.07) is 7.45. The summed E-state index contributed by atoms with van der Waals surface area (Å²) >= 11 is 0. The van der Waals surface area contributed by atoms with Gasteiger partial charge in [-0.15, -0.1) is 12.4 Å². The second kappa shape index (κ2) is 9.27. The first-order chi connectivity index (χ1) is 13.3. The van der Waals surface area contributed by atoms with Crippen LogP contribution in [0.15, 0.2) is 42.7 Å². The van der Waals surface area contributed by atoms with Crippen LogP contribution in [0.25, 0.3) is 0 Å². The fraction of sp³-hybridized carbons (Fsp3) is 0.389. The molecule has 158 valence electrons. The number of carbonyl (C=O) groups is 2. The number of hydrogen-bond acceptors (Lipinski definition) is 4. The number of halogens is 4. The fourth-order valence-corrected chi connectivity index (χ4v) is 3.16. The van der Waals surface area contributed by atoms with E-state index in [0.29, 0.717) is 31.6 Å². The molecule has 2 heterocycles. The van der Waals surface area contributed by atoms with Gasteiger partial charge in [-0.05, 0) is 56.3 Å². The van der Waals surface area contributed by atoms with E-state index in [9.17, 15) is 22.8 Å². The Bertz CT molecular complexity index is 819. The minimum Gasteiger partial charge on any atom is -0.343 e. The number of benzene rings is 1. The van der Waals surface area contributed by atoms with Gasteiger partial charge in [-0.25, -0.2) is 0 Å². The van der Waals surface area contributed by atoms with Crippen molar-refractivity contribution in [3.63, 3.8) is 0 Å². The van der Waals surface area contributed by atoms with Crippen LogP contribution in [0.4, 0.5) is 18.9 Å². The Labute approximate surface area is 171 Å². The monoisotopic (exact) mass is 431 g/mol. The highest BCUT2D eigenvalue weighted by Gasteiger charge is 2.42. The quantitative estimate of drug-likeness (QED) is 0.678. The Morgan fingerprint density at radius 1 is 1.17 bits per heavy atom. The molecule has 1 fully saturated rings. The van der Waals surface area contributed by atoms with E-state index in [0.717, 1.165) is 0 Å². The molecule has 11 heteroatoms. The molecule has 0 unspecified atom stereocenters. The molecule has 0 bridgehead atoms. The molecule has 0 saturated carbocycles. The normalized spacial score (nSPS) is 15.8. The van der Waals surface area contributed by atoms with Gasteiger partial charge in [0.25, 0.3) is 11.8 Å². The molecule has 3 rings (SSSR count). The summed E-state index contributed by atoms with van der Waals surface area (Å²) in [5, 5.41) is 12.1. The van der Waals surface area contributed by atoms with Gasteiger partial charge in [0.1, 0.15) is 12.1 Å². The van der Waals surface area contributed by atoms with Gasteiger partial charge >= 0.3 is 6.18 Å². The van der Waals surface area contributed by atoms with Crippen LogP contribution in [0.2, 0.25) is 0 Å². The second-order valence-corrected chi connectivity index (χ2v) is 6.56. The van der Waals surface area contributed by atoms with Crippen LogP contribution < -0.4 is 16.0 Å². The largest absolute Gasteiger partial charge is 0.405 e. The van der Waals surface area contributed by atoms with Crippen molar-refractivity contribution >= 4 is 29.9 Å². The van der Waals surface area contributed by atoms with Crippen LogP contribution >= 0.6 is 12.4 Å². The second-order valence-electron chi connectivity index (χ2n) is 6.56. The van der Waals surface area contributed by atoms with E-state index < -0.39 is 24.2 Å². The lowest BCUT2D eigenvalue weighted by Gasteiger charge is -2.36. The van der Waals surface area contributed by atoms with Crippen LogP contribution in [0.5, 0.6) is 0 Å². The van der Waals surface area contributed by atoms with E-state index in [-0.39, 0.29) is 23.9 Å². The van der Waals surface area contributed by atoms with E-state index in [1.54, 1.807) is 28.5 Å². The summed E-state index contributed by atoms with van der Waals surface area (Å²) in [5.74, 6) is -1.06. The van der Waals surface area contributed by atoms with Crippen molar-refractivity contribution in [3.8, 4) is 0 Å². The van der Waals surface area contributed by atoms with Gasteiger partial charge in [-0.2, -0.15) is 18.3 Å². The summed E-state index contributed by atoms with van der Waals surface area (Å²) < 4.78 is 38.2. The van der Waals surface area contributed by atoms with Crippen molar-refractivity contribution < 1.29 is 22.8 Å². The first-order valence-corrected chi connectivity index (χ1v) is 8.77. The minimum absolute atomic E-state index is 0. The third-order valence-corrected chi connectivity index (χ3v) is 4.65. The first kappa shape index (κ1) is 22.7. The van der Waals surface area contributed by atoms with Crippen LogP contribution in [0.3, 0.4) is 0 Å². The standard InChI is InChI=1S/C18H20F3N5O2.ClH/c19-18(20,21)12-23-15(27)13-2-4-14(5-3-13)25-16(28)17(6-9-22-10-7-17)26-11-1-8-24-26;/h1-5,8,11,22H,6-7,9-10,12H2,(H,23,27)(H,25,28);1H. The number of carbonyl (C=O) groups excluding carboxylic acids is 2. The van der Waals surface area contributed by atoms with Crippen molar-refractivity contribution in [1.29, 1.82) is 0 Å². The average Bonchev–Trinajstić information content (AvgIpc) is 3.22. The molecule has 0 aliphatic carbocycles. The van der Waals surface area contributed by atoms with Gasteiger partial charge in [-0.1, -0.05) is 0 Å². The molecule has 29 heavy (non-hydrogen) atoms. The maximum Gasteiger partial charge on any atom is 0.405 e. The van der Waals surface area contributed by atoms with E-state index in [2.05, 4.69) is 15.7 Å². The van der Waals surface area contributed by atoms with Gasteiger partial charge in [0, 0.05) is 23.6 Å². The Kier molecular flexibility index (Phi) is 7.26. The molecule has 1 aliphatic rings. The molecule has 0 spiro atoms. The number of nitrogens with one attached hydrogen (secondary N) is 3. The summed E-state index contributed by atoms with van der Waals surface area (Å²) in [5.41, 5.74) is -0.300. The van der Waals surface area contributed by atoms with Gasteiger partial charge in [0.05, 0.1) is 0 Å². The Balaban J connectivity index is 0.00000300. The molecule has 1 aromatic heterocycles. The van der Waals surface area contributed by atoms with Gasteiger partial charge < -0.3 is 16.0 Å². The maximum atomic E-state index is 13.0. The number of rotatable bonds is 5. The highest BCUT2D eigenvalue weighted by Crippen LogP contribution is 2.28. The lowest BCUT2D eigenvalue weighted by molar-refractivity contribution is -0.126. The zero-order chi connectivity index (χ0) is 20.2. The molecule has 1 saturated heterocycles. The maximum absolute atomic E-state index is 13.0. The van der Waals surface area contributed by atoms with Gasteiger partial charge in [0.15, 0.2) is 0 Å². The third kappa shape index (κ3) is 5.48. The molecule has 0 atom stereocenters. The number of alkyl halides is 3. The van der Waals surface area contributed by atoms with Gasteiger partial charge in [-0.3, -0.25) is 14.3 Å². The molecule has 1 aliphatic heterocycles. The summed E-state index contributed by atoms with van der Waals surface area (Å²) in [7, 11) is 0. The van der Waals surface area contributed by atoms with Crippen LogP contribution in [0, 0.1) is 0 Å². The number of amides is 2. The molecule has 2 amide bonds. The molecule has 0 radical (unpaired) electrons. The Morgan fingerprint density at radius 3 is 2.38 bits per heavy atom. The predicted octanol–water partition coefficient (Wildman–Crippen LogP) is 2.31. The molecule has 3 N–H and O–H groups in total. The number of hydrogen-bond donors (Lipinski definition) is 3. The fourth-order valence-electron chi connectivity index (χ4n) is 3.16. The van der Waals surface area contributed by atoms with Crippen molar-refractivity contribution in [2.45, 2.75) is 24.6 Å². The predicted molar refractivity (Wildman–Crippen MR) is 103 cm³/mol. The van der Waals surface area contributed by atoms with Crippen LogP contribution in [-0.2, 0) is 10.3 Å². The topological polar surface area (TPSA) is 88.1 Å². The lowest BCUT2D eigenvalue weighted by atomic mass is 9.87. The average molecular weight is 432 g/mol. The number of anilines is 1. The summed E-state index contributed by atoms with van der Waals surface area (Å²) in [4.78, 5) is 24.8. The SMILES string of the molecule is Cl.O=C(NCC(F)(F)F)c1ccc(NC(=O)C2(n3cccn3)CCNCC2)cc1. The zero-order valence-corrected chi connectivity index (χ0v) is 16.1. The minimum atomic E-state index is -4.47. The summed E-state index contributed by atoms with van der Waals surface area (Å²) in [6.07, 6.45) is 0.0283. The lowest BCUT2D eigenvalue weighted by Crippen LogP contribution is -2.52. The Hall–Kier alpha value is -2.59. The molecule has 1 aromatic carbocycles. The van der Waals surface area contributed by atoms with Crippen molar-refractivity contribution in [2.75, 3.05) is 25.0 Å². The van der Waals surface area contributed by atoms with Crippen molar-refractivity contribution in [1.82, 2.24) is 20.4 Å². The van der Waals surface area contributed by atoms with E-state index in [4.69, 9.17) is 0 Å². The van der Waals surface area contributed by atoms with Crippen LogP contribution in [0.1, 0.15) is 23.2 Å².